The summed E-state index contributed by atoms with van der Waals surface area (Å²) < 4.78 is 0. The van der Waals surface area contributed by atoms with Gasteiger partial charge in [-0.1, -0.05) is 48.0 Å². The van der Waals surface area contributed by atoms with E-state index >= 15 is 0 Å². The summed E-state index contributed by atoms with van der Waals surface area (Å²) >= 11 is 0. The maximum atomic E-state index is 3.45. The van der Waals surface area contributed by atoms with E-state index in [9.17, 15) is 0 Å². The lowest BCUT2D eigenvalue weighted by molar-refractivity contribution is 0.282. The quantitative estimate of drug-likeness (QED) is 0.743. The summed E-state index contributed by atoms with van der Waals surface area (Å²) in [5.41, 5.74) is 5.36. The highest BCUT2D eigenvalue weighted by molar-refractivity contribution is 5.84. The highest BCUT2D eigenvalue weighted by Crippen LogP contribution is 2.35. The van der Waals surface area contributed by atoms with Crippen molar-refractivity contribution in [2.24, 2.45) is 0 Å². The number of likely N-dealkylation sites (tertiary alicyclic amines) is 1. The van der Waals surface area contributed by atoms with E-state index in [-0.39, 0.29) is 0 Å². The molecule has 2 heteroatoms. The number of H-pyrrole nitrogens is 1. The summed E-state index contributed by atoms with van der Waals surface area (Å²) in [4.78, 5) is 6.07. The molecular formula is C20H22N2. The molecule has 1 fully saturated rings. The Labute approximate surface area is 131 Å². The van der Waals surface area contributed by atoms with Crippen LogP contribution in [0.1, 0.15) is 35.6 Å². The van der Waals surface area contributed by atoms with Crippen molar-refractivity contribution in [2.45, 2.75) is 25.8 Å². The number of hydrogen-bond acceptors (Lipinski definition) is 1. The molecule has 0 aliphatic carbocycles. The van der Waals surface area contributed by atoms with E-state index in [2.05, 4.69) is 71.5 Å². The van der Waals surface area contributed by atoms with Gasteiger partial charge in [0.1, 0.15) is 0 Å². The number of nitrogens with one attached hydrogen (secondary N) is 1. The van der Waals surface area contributed by atoms with Crippen LogP contribution in [0, 0.1) is 6.92 Å². The first-order valence-corrected chi connectivity index (χ1v) is 8.19. The van der Waals surface area contributed by atoms with Crippen molar-refractivity contribution in [3.63, 3.8) is 0 Å². The smallest absolute Gasteiger partial charge is 0.0622 e. The largest absolute Gasteiger partial charge is 0.361 e. The minimum atomic E-state index is 0.360. The molecule has 0 saturated carbocycles. The predicted molar refractivity (Wildman–Crippen MR) is 92.1 cm³/mol. The summed E-state index contributed by atoms with van der Waals surface area (Å²) in [6.07, 6.45) is 4.82. The maximum Gasteiger partial charge on any atom is 0.0622 e. The van der Waals surface area contributed by atoms with Crippen LogP contribution in [0.25, 0.3) is 10.9 Å². The van der Waals surface area contributed by atoms with Crippen LogP contribution in [-0.4, -0.2) is 23.0 Å². The van der Waals surface area contributed by atoms with Crippen molar-refractivity contribution in [1.82, 2.24) is 9.88 Å². The number of aromatic amines is 1. The fraction of sp³-hybridized carbons (Fsp3) is 0.300. The molecule has 2 nitrogen and oxygen atoms in total. The second kappa shape index (κ2) is 5.62. The lowest BCUT2D eigenvalue weighted by atomic mass is 9.96. The predicted octanol–water partition coefficient (Wildman–Crippen LogP) is 4.66. The Hall–Kier alpha value is -2.06. The Balaban J connectivity index is 1.84. The zero-order valence-electron chi connectivity index (χ0n) is 13.0. The van der Waals surface area contributed by atoms with Crippen molar-refractivity contribution < 1.29 is 0 Å². The van der Waals surface area contributed by atoms with E-state index in [1.165, 1.54) is 53.5 Å². The van der Waals surface area contributed by atoms with Crippen molar-refractivity contribution in [3.05, 3.63) is 71.4 Å². The van der Waals surface area contributed by atoms with Crippen LogP contribution in [0.2, 0.25) is 0 Å². The Kier molecular flexibility index (Phi) is 3.47. The molecule has 112 valence electrons. The van der Waals surface area contributed by atoms with Gasteiger partial charge in [0, 0.05) is 17.1 Å². The molecular weight excluding hydrogens is 268 g/mol. The summed E-state index contributed by atoms with van der Waals surface area (Å²) in [7, 11) is 0. The van der Waals surface area contributed by atoms with Crippen molar-refractivity contribution >= 4 is 10.9 Å². The van der Waals surface area contributed by atoms with Gasteiger partial charge in [-0.25, -0.2) is 0 Å². The van der Waals surface area contributed by atoms with Gasteiger partial charge in [0.25, 0.3) is 0 Å². The topological polar surface area (TPSA) is 19.0 Å². The van der Waals surface area contributed by atoms with Gasteiger partial charge in [-0.3, -0.25) is 4.90 Å². The highest BCUT2D eigenvalue weighted by atomic mass is 15.2. The molecule has 1 saturated heterocycles. The van der Waals surface area contributed by atoms with Gasteiger partial charge >= 0.3 is 0 Å². The normalized spacial score (nSPS) is 17.1. The van der Waals surface area contributed by atoms with E-state index in [0.29, 0.717) is 6.04 Å². The number of benzene rings is 2. The van der Waals surface area contributed by atoms with Gasteiger partial charge < -0.3 is 4.98 Å². The van der Waals surface area contributed by atoms with E-state index in [1.807, 2.05) is 0 Å². The second-order valence-electron chi connectivity index (χ2n) is 6.35. The average molecular weight is 290 g/mol. The van der Waals surface area contributed by atoms with Gasteiger partial charge in [-0.15, -0.1) is 0 Å². The van der Waals surface area contributed by atoms with Crippen molar-refractivity contribution in [1.29, 1.82) is 0 Å². The SMILES string of the molecule is Cc1ccc(C(c2c[nH]c3ccccc23)N2CCCC2)cc1. The van der Waals surface area contributed by atoms with Gasteiger partial charge in [0.2, 0.25) is 0 Å². The van der Waals surface area contributed by atoms with Gasteiger partial charge in [0.05, 0.1) is 6.04 Å². The van der Waals surface area contributed by atoms with E-state index in [0.717, 1.165) is 0 Å². The van der Waals surface area contributed by atoms with Crippen molar-refractivity contribution in [3.8, 4) is 0 Å². The third kappa shape index (κ3) is 2.34. The molecule has 0 bridgehead atoms. The first kappa shape index (κ1) is 13.6. The van der Waals surface area contributed by atoms with Crippen LogP contribution in [0.15, 0.2) is 54.7 Å². The number of rotatable bonds is 3. The third-order valence-electron chi connectivity index (χ3n) is 4.81. The summed E-state index contributed by atoms with van der Waals surface area (Å²) in [5, 5.41) is 1.35. The Morgan fingerprint density at radius 1 is 0.955 bits per heavy atom. The van der Waals surface area contributed by atoms with Gasteiger partial charge in [-0.05, 0) is 50.0 Å². The van der Waals surface area contributed by atoms with Crippen molar-refractivity contribution in [2.75, 3.05) is 13.1 Å². The first-order valence-electron chi connectivity index (χ1n) is 8.19. The standard InChI is InChI=1S/C20H22N2/c1-15-8-10-16(11-9-15)20(22-12-4-5-13-22)18-14-21-19-7-3-2-6-17(18)19/h2-3,6-11,14,20-21H,4-5,12-13H2,1H3. The number of fused-ring (bicyclic) bond motifs is 1. The maximum absolute atomic E-state index is 3.45. The molecule has 1 unspecified atom stereocenters. The number of hydrogen-bond donors (Lipinski definition) is 1. The van der Waals surface area contributed by atoms with E-state index in [1.54, 1.807) is 0 Å². The van der Waals surface area contributed by atoms with Crippen LogP contribution in [0.5, 0.6) is 0 Å². The Bertz CT molecular complexity index is 764. The molecule has 1 aliphatic heterocycles. The summed E-state index contributed by atoms with van der Waals surface area (Å²) in [6.45, 7) is 4.54. The zero-order valence-corrected chi connectivity index (χ0v) is 13.0. The molecule has 3 aromatic rings. The highest BCUT2D eigenvalue weighted by Gasteiger charge is 2.26. The number of aryl methyl sites for hydroxylation is 1. The summed E-state index contributed by atoms with van der Waals surface area (Å²) in [5.74, 6) is 0. The zero-order chi connectivity index (χ0) is 14.9. The minimum absolute atomic E-state index is 0.360. The molecule has 1 aliphatic rings. The third-order valence-corrected chi connectivity index (χ3v) is 4.81. The molecule has 1 aromatic heterocycles. The first-order chi connectivity index (χ1) is 10.8. The van der Waals surface area contributed by atoms with Crippen LogP contribution in [0.4, 0.5) is 0 Å². The molecule has 22 heavy (non-hydrogen) atoms. The number of para-hydroxylation sites is 1. The Morgan fingerprint density at radius 2 is 1.68 bits per heavy atom. The second-order valence-corrected chi connectivity index (χ2v) is 6.35. The molecule has 1 N–H and O–H groups in total. The number of aromatic nitrogens is 1. The molecule has 2 heterocycles. The molecule has 1 atom stereocenters. The monoisotopic (exact) mass is 290 g/mol. The minimum Gasteiger partial charge on any atom is -0.361 e. The molecule has 4 rings (SSSR count). The van der Waals surface area contributed by atoms with E-state index in [4.69, 9.17) is 0 Å². The summed E-state index contributed by atoms with van der Waals surface area (Å²) in [6, 6.07) is 18.0. The average Bonchev–Trinajstić information content (AvgIpc) is 3.20. The van der Waals surface area contributed by atoms with Crippen LogP contribution in [-0.2, 0) is 0 Å². The van der Waals surface area contributed by atoms with Crippen LogP contribution < -0.4 is 0 Å². The molecule has 0 amide bonds. The fourth-order valence-corrected chi connectivity index (χ4v) is 3.66. The van der Waals surface area contributed by atoms with E-state index < -0.39 is 0 Å². The van der Waals surface area contributed by atoms with Crippen LogP contribution in [0.3, 0.4) is 0 Å². The Morgan fingerprint density at radius 3 is 2.45 bits per heavy atom. The fourth-order valence-electron chi connectivity index (χ4n) is 3.66. The van der Waals surface area contributed by atoms with Crippen LogP contribution >= 0.6 is 0 Å². The number of nitrogens with zero attached hydrogens (tertiary/aromatic N) is 1. The van der Waals surface area contributed by atoms with Gasteiger partial charge in [-0.2, -0.15) is 0 Å². The molecule has 0 radical (unpaired) electrons. The molecule has 0 spiro atoms. The lowest BCUT2D eigenvalue weighted by Gasteiger charge is -2.28. The van der Waals surface area contributed by atoms with Gasteiger partial charge in [0.15, 0.2) is 0 Å². The molecule has 2 aromatic carbocycles. The lowest BCUT2D eigenvalue weighted by Crippen LogP contribution is -2.26.